The fraction of sp³-hybridized carbons (Fsp3) is 1.00. The van der Waals surface area contributed by atoms with Crippen molar-refractivity contribution in [3.8, 4) is 0 Å². The number of unbranched alkanes of at least 4 members (excludes halogenated alkanes) is 3. The van der Waals surface area contributed by atoms with Crippen LogP contribution in [-0.4, -0.2) is 37.1 Å². The number of rotatable bonds is 11. The van der Waals surface area contributed by atoms with Crippen LogP contribution in [0.3, 0.4) is 0 Å². The Hall–Kier alpha value is -0.0800. The maximum atomic E-state index is 3.48. The summed E-state index contributed by atoms with van der Waals surface area (Å²) in [6.07, 6.45) is 12.7. The lowest BCUT2D eigenvalue weighted by molar-refractivity contribution is 0.204. The van der Waals surface area contributed by atoms with Gasteiger partial charge >= 0.3 is 0 Å². The average Bonchev–Trinajstić information content (AvgIpc) is 2.91. The second kappa shape index (κ2) is 10.8. The van der Waals surface area contributed by atoms with Crippen LogP contribution in [0.1, 0.15) is 71.6 Å². The van der Waals surface area contributed by atoms with Crippen molar-refractivity contribution in [3.05, 3.63) is 0 Å². The van der Waals surface area contributed by atoms with Gasteiger partial charge in [0.05, 0.1) is 0 Å². The first-order chi connectivity index (χ1) is 8.88. The molecule has 0 aliphatic heterocycles. The summed E-state index contributed by atoms with van der Waals surface area (Å²) in [7, 11) is 0. The molecule has 18 heavy (non-hydrogen) atoms. The summed E-state index contributed by atoms with van der Waals surface area (Å²) in [6.45, 7) is 9.55. The molecule has 0 unspecified atom stereocenters. The summed E-state index contributed by atoms with van der Waals surface area (Å²) in [6, 6.07) is 0.918. The van der Waals surface area contributed by atoms with Gasteiger partial charge in [-0.15, -0.1) is 0 Å². The molecule has 108 valence electrons. The van der Waals surface area contributed by atoms with Crippen molar-refractivity contribution in [1.82, 2.24) is 10.2 Å². The minimum Gasteiger partial charge on any atom is -0.317 e. The van der Waals surface area contributed by atoms with Crippen LogP contribution in [0.4, 0.5) is 0 Å². The van der Waals surface area contributed by atoms with Crippen molar-refractivity contribution in [3.63, 3.8) is 0 Å². The lowest BCUT2D eigenvalue weighted by Crippen LogP contribution is -2.33. The Morgan fingerprint density at radius 2 is 1.67 bits per heavy atom. The van der Waals surface area contributed by atoms with Gasteiger partial charge in [-0.25, -0.2) is 0 Å². The lowest BCUT2D eigenvalue weighted by atomic mass is 10.1. The third kappa shape index (κ3) is 6.75. The maximum Gasteiger partial charge on any atom is 0.00951 e. The molecule has 0 amide bonds. The predicted octanol–water partition coefficient (Wildman–Crippen LogP) is 3.81. The van der Waals surface area contributed by atoms with E-state index < -0.39 is 0 Å². The predicted molar refractivity (Wildman–Crippen MR) is 81.1 cm³/mol. The van der Waals surface area contributed by atoms with Crippen molar-refractivity contribution in [2.75, 3.05) is 26.2 Å². The molecule has 1 N–H and O–H groups in total. The van der Waals surface area contributed by atoms with E-state index in [1.807, 2.05) is 0 Å². The molecule has 2 heteroatoms. The number of hydrogen-bond donors (Lipinski definition) is 1. The number of nitrogens with zero attached hydrogens (tertiary/aromatic N) is 1. The summed E-state index contributed by atoms with van der Waals surface area (Å²) in [4.78, 5) is 2.72. The smallest absolute Gasteiger partial charge is 0.00951 e. The Kier molecular flexibility index (Phi) is 9.59. The second-order valence-electron chi connectivity index (χ2n) is 5.73. The van der Waals surface area contributed by atoms with E-state index in [0.717, 1.165) is 6.04 Å². The van der Waals surface area contributed by atoms with E-state index in [0.29, 0.717) is 0 Å². The van der Waals surface area contributed by atoms with Crippen molar-refractivity contribution >= 4 is 0 Å². The zero-order valence-electron chi connectivity index (χ0n) is 12.7. The van der Waals surface area contributed by atoms with E-state index in [2.05, 4.69) is 24.1 Å². The third-order valence-corrected chi connectivity index (χ3v) is 4.22. The molecule has 0 atom stereocenters. The standard InChI is InChI=1S/C16H34N2/c1-3-13-17-14-9-5-6-10-15-18(4-2)16-11-7-8-12-16/h16-17H,3-15H2,1-2H3. The zero-order chi connectivity index (χ0) is 13.1. The van der Waals surface area contributed by atoms with Gasteiger partial charge in [0.2, 0.25) is 0 Å². The minimum absolute atomic E-state index is 0.918. The van der Waals surface area contributed by atoms with E-state index in [9.17, 15) is 0 Å². The molecule has 1 aliphatic rings. The Morgan fingerprint density at radius 1 is 0.944 bits per heavy atom. The molecular formula is C16H34N2. The summed E-state index contributed by atoms with van der Waals surface area (Å²) < 4.78 is 0. The van der Waals surface area contributed by atoms with Gasteiger partial charge in [-0.2, -0.15) is 0 Å². The van der Waals surface area contributed by atoms with E-state index >= 15 is 0 Å². The first-order valence-corrected chi connectivity index (χ1v) is 8.33. The van der Waals surface area contributed by atoms with Crippen molar-refractivity contribution in [2.24, 2.45) is 0 Å². The van der Waals surface area contributed by atoms with Crippen LogP contribution in [0.2, 0.25) is 0 Å². The maximum absolute atomic E-state index is 3.48. The lowest BCUT2D eigenvalue weighted by Gasteiger charge is -2.27. The largest absolute Gasteiger partial charge is 0.317 e. The molecular weight excluding hydrogens is 220 g/mol. The second-order valence-corrected chi connectivity index (χ2v) is 5.73. The first kappa shape index (κ1) is 16.0. The van der Waals surface area contributed by atoms with Crippen LogP contribution in [-0.2, 0) is 0 Å². The summed E-state index contributed by atoms with van der Waals surface area (Å²) in [5.74, 6) is 0. The average molecular weight is 254 g/mol. The van der Waals surface area contributed by atoms with Crippen molar-refractivity contribution in [2.45, 2.75) is 77.7 Å². The Labute approximate surface area is 115 Å². The third-order valence-electron chi connectivity index (χ3n) is 4.22. The van der Waals surface area contributed by atoms with E-state index in [4.69, 9.17) is 0 Å². The van der Waals surface area contributed by atoms with E-state index in [1.165, 1.54) is 84.0 Å². The van der Waals surface area contributed by atoms with Crippen LogP contribution in [0.5, 0.6) is 0 Å². The Balaban J connectivity index is 1.92. The minimum atomic E-state index is 0.918. The molecule has 1 rings (SSSR count). The Bertz CT molecular complexity index is 176. The first-order valence-electron chi connectivity index (χ1n) is 8.33. The number of hydrogen-bond acceptors (Lipinski definition) is 2. The molecule has 0 spiro atoms. The summed E-state index contributed by atoms with van der Waals surface area (Å²) >= 11 is 0. The molecule has 0 saturated heterocycles. The fourth-order valence-corrected chi connectivity index (χ4v) is 3.09. The van der Waals surface area contributed by atoms with Gasteiger partial charge in [-0.3, -0.25) is 0 Å². The molecule has 0 heterocycles. The highest BCUT2D eigenvalue weighted by Crippen LogP contribution is 2.23. The van der Waals surface area contributed by atoms with Crippen LogP contribution in [0, 0.1) is 0 Å². The van der Waals surface area contributed by atoms with Crippen LogP contribution < -0.4 is 5.32 Å². The van der Waals surface area contributed by atoms with E-state index in [-0.39, 0.29) is 0 Å². The highest BCUT2D eigenvalue weighted by atomic mass is 15.1. The van der Waals surface area contributed by atoms with Gasteiger partial charge in [0.25, 0.3) is 0 Å². The number of nitrogens with one attached hydrogen (secondary N) is 1. The zero-order valence-corrected chi connectivity index (χ0v) is 12.7. The Morgan fingerprint density at radius 3 is 2.33 bits per heavy atom. The van der Waals surface area contributed by atoms with Crippen molar-refractivity contribution in [1.29, 1.82) is 0 Å². The van der Waals surface area contributed by atoms with Crippen LogP contribution >= 0.6 is 0 Å². The molecule has 0 radical (unpaired) electrons. The highest BCUT2D eigenvalue weighted by Gasteiger charge is 2.20. The molecule has 0 aromatic heterocycles. The molecule has 1 aliphatic carbocycles. The normalized spacial score (nSPS) is 16.8. The van der Waals surface area contributed by atoms with Crippen LogP contribution in [0.15, 0.2) is 0 Å². The van der Waals surface area contributed by atoms with Gasteiger partial charge in [0.1, 0.15) is 0 Å². The van der Waals surface area contributed by atoms with Crippen LogP contribution in [0.25, 0.3) is 0 Å². The summed E-state index contributed by atoms with van der Waals surface area (Å²) in [5.41, 5.74) is 0. The fourth-order valence-electron chi connectivity index (χ4n) is 3.09. The molecule has 0 aromatic carbocycles. The van der Waals surface area contributed by atoms with Gasteiger partial charge < -0.3 is 10.2 Å². The topological polar surface area (TPSA) is 15.3 Å². The van der Waals surface area contributed by atoms with Gasteiger partial charge in [-0.05, 0) is 58.3 Å². The molecule has 2 nitrogen and oxygen atoms in total. The van der Waals surface area contributed by atoms with Gasteiger partial charge in [0, 0.05) is 6.04 Å². The molecule has 1 saturated carbocycles. The van der Waals surface area contributed by atoms with Gasteiger partial charge in [0.15, 0.2) is 0 Å². The quantitative estimate of drug-likeness (QED) is 0.564. The monoisotopic (exact) mass is 254 g/mol. The molecule has 0 bridgehead atoms. The molecule has 1 fully saturated rings. The molecule has 0 aromatic rings. The SMILES string of the molecule is CCCNCCCCCCN(CC)C1CCCC1. The van der Waals surface area contributed by atoms with Gasteiger partial charge in [-0.1, -0.05) is 39.5 Å². The highest BCUT2D eigenvalue weighted by molar-refractivity contribution is 4.76. The summed E-state index contributed by atoms with van der Waals surface area (Å²) in [5, 5.41) is 3.48. The van der Waals surface area contributed by atoms with E-state index in [1.54, 1.807) is 0 Å². The van der Waals surface area contributed by atoms with Crippen molar-refractivity contribution < 1.29 is 0 Å².